The van der Waals surface area contributed by atoms with Gasteiger partial charge < -0.3 is 15.5 Å². The van der Waals surface area contributed by atoms with Gasteiger partial charge in [0.15, 0.2) is 0 Å². The Kier molecular flexibility index (Phi) is 4.39. The average molecular weight is 310 g/mol. The van der Waals surface area contributed by atoms with Gasteiger partial charge in [0.25, 0.3) is 5.91 Å². The largest absolute Gasteiger partial charge is 0.350 e. The first-order valence-corrected chi connectivity index (χ1v) is 7.46. The van der Waals surface area contributed by atoms with Crippen molar-refractivity contribution < 1.29 is 19.2 Å². The van der Waals surface area contributed by atoms with E-state index in [0.29, 0.717) is 13.1 Å². The van der Waals surface area contributed by atoms with E-state index in [1.807, 2.05) is 6.92 Å². The highest BCUT2D eigenvalue weighted by Crippen LogP contribution is 2.16. The van der Waals surface area contributed by atoms with Gasteiger partial charge in [0.2, 0.25) is 11.8 Å². The minimum absolute atomic E-state index is 0.0169. The molecule has 2 aliphatic heterocycles. The monoisotopic (exact) mass is 310 g/mol. The van der Waals surface area contributed by atoms with Crippen molar-refractivity contribution in [3.8, 4) is 0 Å². The first-order valence-electron chi connectivity index (χ1n) is 7.46. The molecule has 0 aliphatic carbocycles. The van der Waals surface area contributed by atoms with Crippen molar-refractivity contribution >= 4 is 23.8 Å². The van der Waals surface area contributed by atoms with Gasteiger partial charge in [-0.15, -0.1) is 0 Å². The fourth-order valence-corrected chi connectivity index (χ4v) is 2.73. The number of hydrogen-bond donors (Lipinski definition) is 2. The summed E-state index contributed by atoms with van der Waals surface area (Å²) in [5.74, 6) is -0.844. The van der Waals surface area contributed by atoms with Crippen molar-refractivity contribution in [1.82, 2.24) is 20.4 Å². The Morgan fingerprint density at radius 1 is 1.36 bits per heavy atom. The molecule has 2 fully saturated rings. The molecule has 8 nitrogen and oxygen atoms in total. The summed E-state index contributed by atoms with van der Waals surface area (Å²) >= 11 is 0. The second-order valence-electron chi connectivity index (χ2n) is 6.25. The van der Waals surface area contributed by atoms with Gasteiger partial charge >= 0.3 is 6.03 Å². The first kappa shape index (κ1) is 16.3. The molecule has 2 saturated heterocycles. The van der Waals surface area contributed by atoms with Gasteiger partial charge in [-0.1, -0.05) is 6.92 Å². The molecular weight excluding hydrogens is 288 g/mol. The third kappa shape index (κ3) is 3.20. The van der Waals surface area contributed by atoms with Crippen LogP contribution in [0.1, 0.15) is 33.6 Å². The van der Waals surface area contributed by atoms with E-state index in [-0.39, 0.29) is 24.9 Å². The number of carbonyl (C=O) groups excluding carboxylic acids is 4. The van der Waals surface area contributed by atoms with Crippen LogP contribution in [0.4, 0.5) is 4.79 Å². The zero-order valence-electron chi connectivity index (χ0n) is 13.1. The molecule has 0 radical (unpaired) electrons. The topological polar surface area (TPSA) is 98.8 Å². The number of likely N-dealkylation sites (tertiary alicyclic amines) is 1. The summed E-state index contributed by atoms with van der Waals surface area (Å²) in [6, 6.07) is -0.833. The highest BCUT2D eigenvalue weighted by atomic mass is 16.2. The fraction of sp³-hybridized carbons (Fsp3) is 0.714. The van der Waals surface area contributed by atoms with Crippen molar-refractivity contribution in [3.05, 3.63) is 0 Å². The summed E-state index contributed by atoms with van der Waals surface area (Å²) in [5, 5.41) is 5.24. The average Bonchev–Trinajstić information content (AvgIpc) is 2.83. The smallest absolute Gasteiger partial charge is 0.325 e. The maximum absolute atomic E-state index is 12.0. The lowest BCUT2D eigenvalue weighted by molar-refractivity contribution is -0.134. The summed E-state index contributed by atoms with van der Waals surface area (Å²) in [6.07, 6.45) is 1.13. The molecule has 0 aromatic rings. The van der Waals surface area contributed by atoms with Crippen LogP contribution in [0, 0.1) is 0 Å². The van der Waals surface area contributed by atoms with Gasteiger partial charge in [-0.3, -0.25) is 19.3 Å². The number of urea groups is 1. The van der Waals surface area contributed by atoms with Crippen molar-refractivity contribution in [2.75, 3.05) is 19.6 Å². The van der Waals surface area contributed by atoms with E-state index in [4.69, 9.17) is 0 Å². The Hall–Kier alpha value is -2.12. The molecule has 2 aliphatic rings. The fourth-order valence-electron chi connectivity index (χ4n) is 2.73. The normalized spacial score (nSPS) is 24.0. The minimum Gasteiger partial charge on any atom is -0.350 e. The number of carbonyl (C=O) groups is 4. The Morgan fingerprint density at radius 3 is 2.59 bits per heavy atom. The molecule has 1 atom stereocenters. The van der Waals surface area contributed by atoms with Gasteiger partial charge in [-0.2, -0.15) is 0 Å². The van der Waals surface area contributed by atoms with Crippen molar-refractivity contribution in [3.63, 3.8) is 0 Å². The third-order valence-corrected chi connectivity index (χ3v) is 3.82. The SMILES string of the molecule is CCCN1C[C@@H](NC(=O)CN2C(=O)NC(C)(C)C2=O)CC1=O. The molecule has 0 aromatic carbocycles. The molecule has 22 heavy (non-hydrogen) atoms. The molecule has 0 saturated carbocycles. The molecule has 5 amide bonds. The van der Waals surface area contributed by atoms with Crippen LogP contribution in [0.3, 0.4) is 0 Å². The Balaban J connectivity index is 1.88. The number of amides is 5. The van der Waals surface area contributed by atoms with Crippen LogP contribution in [-0.2, 0) is 14.4 Å². The number of nitrogens with one attached hydrogen (secondary N) is 2. The number of imide groups is 1. The Bertz CT molecular complexity index is 517. The lowest BCUT2D eigenvalue weighted by Gasteiger charge is -2.18. The molecule has 0 bridgehead atoms. The quantitative estimate of drug-likeness (QED) is 0.665. The van der Waals surface area contributed by atoms with Crippen LogP contribution in [-0.4, -0.2) is 64.8 Å². The van der Waals surface area contributed by atoms with E-state index in [2.05, 4.69) is 10.6 Å². The number of nitrogens with zero attached hydrogens (tertiary/aromatic N) is 2. The predicted molar refractivity (Wildman–Crippen MR) is 77.7 cm³/mol. The standard InChI is InChI=1S/C14H22N4O4/c1-4-5-17-7-9(6-11(17)20)15-10(19)8-18-12(21)14(2,3)16-13(18)22/h9H,4-8H2,1-3H3,(H,15,19)(H,16,22)/t9-/m0/s1. The van der Waals surface area contributed by atoms with Crippen LogP contribution >= 0.6 is 0 Å². The van der Waals surface area contributed by atoms with Crippen molar-refractivity contribution in [2.24, 2.45) is 0 Å². The lowest BCUT2D eigenvalue weighted by Crippen LogP contribution is -2.46. The Morgan fingerprint density at radius 2 is 2.05 bits per heavy atom. The molecule has 2 rings (SSSR count). The minimum atomic E-state index is -0.987. The van der Waals surface area contributed by atoms with E-state index in [9.17, 15) is 19.2 Å². The molecule has 2 heterocycles. The second-order valence-corrected chi connectivity index (χ2v) is 6.25. The summed E-state index contributed by atoms with van der Waals surface area (Å²) in [5.41, 5.74) is -0.987. The zero-order valence-corrected chi connectivity index (χ0v) is 13.1. The lowest BCUT2D eigenvalue weighted by atomic mass is 10.1. The molecule has 2 N–H and O–H groups in total. The summed E-state index contributed by atoms with van der Waals surface area (Å²) < 4.78 is 0. The van der Waals surface area contributed by atoms with Crippen LogP contribution in [0.2, 0.25) is 0 Å². The zero-order chi connectivity index (χ0) is 16.5. The van der Waals surface area contributed by atoms with Gasteiger partial charge in [0, 0.05) is 19.5 Å². The molecule has 0 spiro atoms. The van der Waals surface area contributed by atoms with E-state index < -0.39 is 23.4 Å². The van der Waals surface area contributed by atoms with Gasteiger partial charge in [0.05, 0.1) is 6.04 Å². The van der Waals surface area contributed by atoms with Crippen LogP contribution in [0.5, 0.6) is 0 Å². The molecule has 122 valence electrons. The second kappa shape index (κ2) is 5.94. The number of hydrogen-bond acceptors (Lipinski definition) is 4. The van der Waals surface area contributed by atoms with E-state index in [1.54, 1.807) is 18.7 Å². The number of rotatable bonds is 5. The van der Waals surface area contributed by atoms with Crippen molar-refractivity contribution in [1.29, 1.82) is 0 Å². The summed E-state index contributed by atoms with van der Waals surface area (Å²) in [7, 11) is 0. The van der Waals surface area contributed by atoms with E-state index in [1.165, 1.54) is 0 Å². The van der Waals surface area contributed by atoms with Gasteiger partial charge in [0.1, 0.15) is 12.1 Å². The molecule has 0 unspecified atom stereocenters. The third-order valence-electron chi connectivity index (χ3n) is 3.82. The van der Waals surface area contributed by atoms with Crippen LogP contribution < -0.4 is 10.6 Å². The molecule has 8 heteroatoms. The van der Waals surface area contributed by atoms with Gasteiger partial charge in [-0.05, 0) is 20.3 Å². The van der Waals surface area contributed by atoms with Crippen LogP contribution in [0.25, 0.3) is 0 Å². The van der Waals surface area contributed by atoms with Crippen LogP contribution in [0.15, 0.2) is 0 Å². The van der Waals surface area contributed by atoms with E-state index in [0.717, 1.165) is 11.3 Å². The summed E-state index contributed by atoms with van der Waals surface area (Å²) in [6.45, 7) is 5.98. The predicted octanol–water partition coefficient (Wildman–Crippen LogP) is -0.556. The highest BCUT2D eigenvalue weighted by Gasteiger charge is 2.45. The molecule has 0 aromatic heterocycles. The maximum Gasteiger partial charge on any atom is 0.325 e. The maximum atomic E-state index is 12.0. The van der Waals surface area contributed by atoms with Crippen molar-refractivity contribution in [2.45, 2.75) is 45.2 Å². The van der Waals surface area contributed by atoms with E-state index >= 15 is 0 Å². The van der Waals surface area contributed by atoms with Gasteiger partial charge in [-0.25, -0.2) is 4.79 Å². The summed E-state index contributed by atoms with van der Waals surface area (Å²) in [4.78, 5) is 50.1. The molecular formula is C14H22N4O4. The highest BCUT2D eigenvalue weighted by molar-refractivity contribution is 6.08. The first-order chi connectivity index (χ1) is 10.2. The Labute approximate surface area is 129 Å².